The molecule has 0 radical (unpaired) electrons. The molecule has 0 saturated carbocycles. The van der Waals surface area contributed by atoms with E-state index >= 15 is 0 Å². The summed E-state index contributed by atoms with van der Waals surface area (Å²) in [6, 6.07) is 5.33. The average Bonchev–Trinajstić information content (AvgIpc) is 2.30. The number of esters is 1. The maximum atomic E-state index is 11.4. The summed E-state index contributed by atoms with van der Waals surface area (Å²) < 4.78 is 4.68. The molecule has 1 amide bonds. The van der Waals surface area contributed by atoms with Gasteiger partial charge in [0.15, 0.2) is 0 Å². The number of hydrogen-bond donors (Lipinski definition) is 1. The van der Waals surface area contributed by atoms with Crippen molar-refractivity contribution in [3.8, 4) is 0 Å². The minimum absolute atomic E-state index is 0.182. The molecule has 0 aliphatic rings. The fourth-order valence-electron chi connectivity index (χ4n) is 1.47. The molecule has 90 valence electrons. The Morgan fingerprint density at radius 3 is 2.71 bits per heavy atom. The molecular formula is C13H15NO3. The van der Waals surface area contributed by atoms with Crippen LogP contribution in [0.4, 0.5) is 0 Å². The summed E-state index contributed by atoms with van der Waals surface area (Å²) in [6.07, 6.45) is 3.63. The number of carbonyl (C=O) groups excluding carboxylic acids is 2. The Bertz CT molecular complexity index is 464. The summed E-state index contributed by atoms with van der Waals surface area (Å²) in [5.41, 5.74) is 7.24. The largest absolute Gasteiger partial charge is 0.465 e. The van der Waals surface area contributed by atoms with E-state index in [1.807, 2.05) is 13.0 Å². The highest BCUT2D eigenvalue weighted by atomic mass is 16.5. The second-order valence-electron chi connectivity index (χ2n) is 3.58. The Labute approximate surface area is 100 Å². The molecule has 0 atom stereocenters. The van der Waals surface area contributed by atoms with Crippen molar-refractivity contribution in [3.63, 3.8) is 0 Å². The van der Waals surface area contributed by atoms with E-state index in [-0.39, 0.29) is 18.3 Å². The summed E-state index contributed by atoms with van der Waals surface area (Å²) >= 11 is 0. The molecule has 0 fully saturated rings. The minimum Gasteiger partial charge on any atom is -0.465 e. The van der Waals surface area contributed by atoms with Gasteiger partial charge in [0.1, 0.15) is 0 Å². The number of ether oxygens (including phenoxy) is 1. The fraction of sp³-hybridized carbons (Fsp3) is 0.231. The predicted octanol–water partition coefficient (Wildman–Crippen LogP) is 1.67. The number of rotatable bonds is 4. The van der Waals surface area contributed by atoms with Crippen LogP contribution in [0.25, 0.3) is 6.08 Å². The van der Waals surface area contributed by atoms with E-state index in [2.05, 4.69) is 4.74 Å². The van der Waals surface area contributed by atoms with Gasteiger partial charge in [0, 0.05) is 6.42 Å². The number of methoxy groups -OCH3 is 1. The van der Waals surface area contributed by atoms with Crippen molar-refractivity contribution in [1.29, 1.82) is 0 Å². The van der Waals surface area contributed by atoms with Crippen LogP contribution in [0, 0.1) is 6.92 Å². The maximum Gasteiger partial charge on any atom is 0.338 e. The van der Waals surface area contributed by atoms with Crippen LogP contribution >= 0.6 is 0 Å². The van der Waals surface area contributed by atoms with E-state index in [0.29, 0.717) is 5.56 Å². The zero-order chi connectivity index (χ0) is 12.8. The van der Waals surface area contributed by atoms with E-state index in [1.54, 1.807) is 24.3 Å². The number of amides is 1. The van der Waals surface area contributed by atoms with Crippen LogP contribution in [0.2, 0.25) is 0 Å². The molecule has 4 heteroatoms. The first-order chi connectivity index (χ1) is 8.06. The summed E-state index contributed by atoms with van der Waals surface area (Å²) in [5, 5.41) is 0. The molecule has 0 bridgehead atoms. The molecule has 1 aromatic rings. The lowest BCUT2D eigenvalue weighted by Crippen LogP contribution is -2.08. The lowest BCUT2D eigenvalue weighted by atomic mass is 10.0. The first-order valence-corrected chi connectivity index (χ1v) is 5.19. The van der Waals surface area contributed by atoms with Gasteiger partial charge in [0.05, 0.1) is 12.7 Å². The van der Waals surface area contributed by atoms with E-state index in [0.717, 1.165) is 11.1 Å². The molecule has 1 aromatic carbocycles. The summed E-state index contributed by atoms with van der Waals surface area (Å²) in [7, 11) is 1.34. The third-order valence-electron chi connectivity index (χ3n) is 2.40. The second-order valence-corrected chi connectivity index (χ2v) is 3.58. The van der Waals surface area contributed by atoms with Gasteiger partial charge in [0.25, 0.3) is 0 Å². The van der Waals surface area contributed by atoms with E-state index in [9.17, 15) is 9.59 Å². The number of nitrogens with two attached hydrogens (primary N) is 1. The number of carbonyl (C=O) groups is 2. The van der Waals surface area contributed by atoms with Crippen molar-refractivity contribution in [2.24, 2.45) is 5.73 Å². The van der Waals surface area contributed by atoms with E-state index in [4.69, 9.17) is 5.73 Å². The predicted molar refractivity (Wildman–Crippen MR) is 65.4 cm³/mol. The van der Waals surface area contributed by atoms with Gasteiger partial charge in [-0.15, -0.1) is 0 Å². The van der Waals surface area contributed by atoms with Crippen LogP contribution in [0.5, 0.6) is 0 Å². The molecule has 0 aliphatic heterocycles. The van der Waals surface area contributed by atoms with Crippen LogP contribution in [-0.4, -0.2) is 19.0 Å². The zero-order valence-electron chi connectivity index (χ0n) is 9.90. The fourth-order valence-corrected chi connectivity index (χ4v) is 1.47. The highest BCUT2D eigenvalue weighted by Gasteiger charge is 2.09. The standard InChI is InChI=1S/C13H15NO3/c1-9-10(6-4-8-12(14)15)5-3-7-11(9)13(16)17-2/h3-7H,8H2,1-2H3,(H2,14,15). The Morgan fingerprint density at radius 2 is 2.12 bits per heavy atom. The Kier molecular flexibility index (Phi) is 4.46. The van der Waals surface area contributed by atoms with Gasteiger partial charge in [0.2, 0.25) is 5.91 Å². The van der Waals surface area contributed by atoms with Gasteiger partial charge in [-0.3, -0.25) is 4.79 Å². The Balaban J connectivity index is 2.98. The van der Waals surface area contributed by atoms with Crippen molar-refractivity contribution in [3.05, 3.63) is 41.0 Å². The van der Waals surface area contributed by atoms with Gasteiger partial charge >= 0.3 is 5.97 Å². The van der Waals surface area contributed by atoms with Crippen LogP contribution < -0.4 is 5.73 Å². The molecule has 0 spiro atoms. The van der Waals surface area contributed by atoms with E-state index in [1.165, 1.54) is 7.11 Å². The molecule has 2 N–H and O–H groups in total. The summed E-state index contributed by atoms with van der Waals surface area (Å²) in [5.74, 6) is -0.754. The van der Waals surface area contributed by atoms with Crippen LogP contribution in [0.1, 0.15) is 27.9 Å². The van der Waals surface area contributed by atoms with Crippen molar-refractivity contribution >= 4 is 18.0 Å². The first kappa shape index (κ1) is 13.0. The highest BCUT2D eigenvalue weighted by Crippen LogP contribution is 2.16. The Hall–Kier alpha value is -2.10. The van der Waals surface area contributed by atoms with Gasteiger partial charge < -0.3 is 10.5 Å². The van der Waals surface area contributed by atoms with Crippen LogP contribution in [-0.2, 0) is 9.53 Å². The molecule has 4 nitrogen and oxygen atoms in total. The third-order valence-corrected chi connectivity index (χ3v) is 2.40. The van der Waals surface area contributed by atoms with Crippen LogP contribution in [0.3, 0.4) is 0 Å². The molecule has 0 unspecified atom stereocenters. The normalized spacial score (nSPS) is 10.5. The average molecular weight is 233 g/mol. The smallest absolute Gasteiger partial charge is 0.338 e. The van der Waals surface area contributed by atoms with Gasteiger partial charge in [-0.2, -0.15) is 0 Å². The number of hydrogen-bond acceptors (Lipinski definition) is 3. The minimum atomic E-state index is -0.386. The SMILES string of the molecule is COC(=O)c1cccc(C=CCC(N)=O)c1C. The topological polar surface area (TPSA) is 69.4 Å². The molecule has 0 heterocycles. The lowest BCUT2D eigenvalue weighted by Gasteiger charge is -2.06. The maximum absolute atomic E-state index is 11.4. The molecule has 17 heavy (non-hydrogen) atoms. The number of primary amides is 1. The molecule has 0 saturated heterocycles. The van der Waals surface area contributed by atoms with E-state index < -0.39 is 0 Å². The molecule has 1 rings (SSSR count). The second kappa shape index (κ2) is 5.84. The van der Waals surface area contributed by atoms with Gasteiger partial charge in [-0.25, -0.2) is 4.79 Å². The third kappa shape index (κ3) is 3.45. The summed E-state index contributed by atoms with van der Waals surface area (Å²) in [6.45, 7) is 1.83. The van der Waals surface area contributed by atoms with Crippen molar-refractivity contribution in [2.45, 2.75) is 13.3 Å². The molecular weight excluding hydrogens is 218 g/mol. The molecule has 0 aliphatic carbocycles. The van der Waals surface area contributed by atoms with Gasteiger partial charge in [-0.05, 0) is 24.1 Å². The van der Waals surface area contributed by atoms with Crippen LogP contribution in [0.15, 0.2) is 24.3 Å². The zero-order valence-corrected chi connectivity index (χ0v) is 9.90. The first-order valence-electron chi connectivity index (χ1n) is 5.19. The Morgan fingerprint density at radius 1 is 1.41 bits per heavy atom. The highest BCUT2D eigenvalue weighted by molar-refractivity contribution is 5.92. The quantitative estimate of drug-likeness (QED) is 0.804. The van der Waals surface area contributed by atoms with Gasteiger partial charge in [-0.1, -0.05) is 24.3 Å². The van der Waals surface area contributed by atoms with Crippen molar-refractivity contribution in [2.75, 3.05) is 7.11 Å². The van der Waals surface area contributed by atoms with Crippen molar-refractivity contribution < 1.29 is 14.3 Å². The van der Waals surface area contributed by atoms with Crippen molar-refractivity contribution in [1.82, 2.24) is 0 Å². The number of benzene rings is 1. The lowest BCUT2D eigenvalue weighted by molar-refractivity contribution is -0.117. The summed E-state index contributed by atoms with van der Waals surface area (Å²) in [4.78, 5) is 22.0. The monoisotopic (exact) mass is 233 g/mol. The molecule has 0 aromatic heterocycles.